The van der Waals surface area contributed by atoms with Crippen molar-refractivity contribution in [1.82, 2.24) is 15.2 Å². The fraction of sp³-hybridized carbons (Fsp3) is 0.625. The number of aromatic nitrogens is 1. The van der Waals surface area contributed by atoms with Crippen molar-refractivity contribution in [2.45, 2.75) is 34.1 Å². The Morgan fingerprint density at radius 1 is 1.29 bits per heavy atom. The van der Waals surface area contributed by atoms with Crippen molar-refractivity contribution in [2.24, 2.45) is 0 Å². The van der Waals surface area contributed by atoms with Gasteiger partial charge in [-0.3, -0.25) is 9.78 Å². The molecule has 2 N–H and O–H groups in total. The van der Waals surface area contributed by atoms with Crippen molar-refractivity contribution in [3.05, 3.63) is 23.5 Å². The SMILES string of the molecule is CCCN(CC)CCNC(=O)c1cnc(C)cc1NCC. The highest BCUT2D eigenvalue weighted by molar-refractivity contribution is 5.99. The van der Waals surface area contributed by atoms with E-state index in [9.17, 15) is 4.79 Å². The molecular formula is C16H28N4O. The highest BCUT2D eigenvalue weighted by Gasteiger charge is 2.12. The highest BCUT2D eigenvalue weighted by Crippen LogP contribution is 2.15. The van der Waals surface area contributed by atoms with Gasteiger partial charge in [0.2, 0.25) is 0 Å². The molecule has 0 unspecified atom stereocenters. The maximum atomic E-state index is 12.3. The standard InChI is InChI=1S/C16H28N4O/c1-5-9-20(7-3)10-8-18-16(21)14-12-19-13(4)11-15(14)17-6-2/h11-12H,5-10H2,1-4H3,(H,17,19)(H,18,21). The number of hydrogen-bond acceptors (Lipinski definition) is 4. The topological polar surface area (TPSA) is 57.3 Å². The minimum absolute atomic E-state index is 0.0639. The Hall–Kier alpha value is -1.62. The van der Waals surface area contributed by atoms with Gasteiger partial charge in [0.05, 0.1) is 11.3 Å². The van der Waals surface area contributed by atoms with Crippen molar-refractivity contribution >= 4 is 11.6 Å². The number of anilines is 1. The molecule has 118 valence electrons. The maximum Gasteiger partial charge on any atom is 0.254 e. The number of carbonyl (C=O) groups excluding carboxylic acids is 1. The Bertz CT molecular complexity index is 448. The van der Waals surface area contributed by atoms with Gasteiger partial charge in [0, 0.05) is 31.5 Å². The Morgan fingerprint density at radius 3 is 2.67 bits per heavy atom. The quantitative estimate of drug-likeness (QED) is 0.733. The molecule has 5 nitrogen and oxygen atoms in total. The molecule has 1 rings (SSSR count). The average Bonchev–Trinajstić information content (AvgIpc) is 2.46. The van der Waals surface area contributed by atoms with Crippen molar-refractivity contribution in [2.75, 3.05) is 38.0 Å². The van der Waals surface area contributed by atoms with Gasteiger partial charge in [0.1, 0.15) is 0 Å². The van der Waals surface area contributed by atoms with Crippen LogP contribution in [0.3, 0.4) is 0 Å². The summed E-state index contributed by atoms with van der Waals surface area (Å²) in [6.45, 7) is 12.7. The molecule has 0 aliphatic rings. The first-order valence-corrected chi connectivity index (χ1v) is 7.83. The second-order valence-electron chi connectivity index (χ2n) is 5.09. The van der Waals surface area contributed by atoms with Gasteiger partial charge in [-0.05, 0) is 39.4 Å². The molecule has 0 saturated heterocycles. The molecule has 0 fully saturated rings. The van der Waals surface area contributed by atoms with Crippen molar-refractivity contribution in [1.29, 1.82) is 0 Å². The minimum Gasteiger partial charge on any atom is -0.385 e. The van der Waals surface area contributed by atoms with E-state index in [4.69, 9.17) is 0 Å². The Kier molecular flexibility index (Phi) is 7.75. The number of nitrogens with zero attached hydrogens (tertiary/aromatic N) is 2. The van der Waals surface area contributed by atoms with Crippen LogP contribution in [-0.2, 0) is 0 Å². The van der Waals surface area contributed by atoms with Crippen LogP contribution in [0.5, 0.6) is 0 Å². The van der Waals surface area contributed by atoms with Crippen LogP contribution in [0.25, 0.3) is 0 Å². The lowest BCUT2D eigenvalue weighted by atomic mass is 10.2. The van der Waals surface area contributed by atoms with Crippen LogP contribution in [0.15, 0.2) is 12.3 Å². The zero-order valence-corrected chi connectivity index (χ0v) is 13.7. The first kappa shape index (κ1) is 17.4. The first-order valence-electron chi connectivity index (χ1n) is 7.83. The zero-order valence-electron chi connectivity index (χ0n) is 13.7. The third kappa shape index (κ3) is 5.71. The molecule has 21 heavy (non-hydrogen) atoms. The largest absolute Gasteiger partial charge is 0.385 e. The number of likely N-dealkylation sites (N-methyl/N-ethyl adjacent to an activating group) is 1. The lowest BCUT2D eigenvalue weighted by molar-refractivity contribution is 0.0949. The van der Waals surface area contributed by atoms with E-state index in [2.05, 4.69) is 34.4 Å². The predicted molar refractivity (Wildman–Crippen MR) is 87.9 cm³/mol. The van der Waals surface area contributed by atoms with Gasteiger partial charge in [-0.1, -0.05) is 13.8 Å². The molecule has 1 aromatic rings. The van der Waals surface area contributed by atoms with E-state index in [1.54, 1.807) is 6.20 Å². The summed E-state index contributed by atoms with van der Waals surface area (Å²) >= 11 is 0. The van der Waals surface area contributed by atoms with Crippen LogP contribution >= 0.6 is 0 Å². The van der Waals surface area contributed by atoms with E-state index in [0.29, 0.717) is 12.1 Å². The fourth-order valence-corrected chi connectivity index (χ4v) is 2.24. The molecule has 0 spiro atoms. The lowest BCUT2D eigenvalue weighted by Crippen LogP contribution is -2.35. The van der Waals surface area contributed by atoms with Crippen LogP contribution < -0.4 is 10.6 Å². The van der Waals surface area contributed by atoms with E-state index < -0.39 is 0 Å². The minimum atomic E-state index is -0.0639. The fourth-order valence-electron chi connectivity index (χ4n) is 2.24. The van der Waals surface area contributed by atoms with Crippen molar-refractivity contribution in [3.63, 3.8) is 0 Å². The zero-order chi connectivity index (χ0) is 15.7. The summed E-state index contributed by atoms with van der Waals surface area (Å²) in [5, 5.41) is 6.20. The first-order chi connectivity index (χ1) is 10.1. The van der Waals surface area contributed by atoms with Gasteiger partial charge in [-0.2, -0.15) is 0 Å². The maximum absolute atomic E-state index is 12.3. The van der Waals surface area contributed by atoms with E-state index in [1.165, 1.54) is 0 Å². The van der Waals surface area contributed by atoms with Gasteiger partial charge in [0.15, 0.2) is 0 Å². The molecule has 1 aromatic heterocycles. The Balaban J connectivity index is 2.59. The molecule has 0 bridgehead atoms. The van der Waals surface area contributed by atoms with Gasteiger partial charge in [-0.25, -0.2) is 0 Å². The van der Waals surface area contributed by atoms with Crippen LogP contribution in [-0.4, -0.2) is 48.5 Å². The van der Waals surface area contributed by atoms with Crippen LogP contribution in [0.2, 0.25) is 0 Å². The van der Waals surface area contributed by atoms with E-state index in [-0.39, 0.29) is 5.91 Å². The lowest BCUT2D eigenvalue weighted by Gasteiger charge is -2.19. The molecule has 0 aliphatic carbocycles. The molecule has 0 aliphatic heterocycles. The summed E-state index contributed by atoms with van der Waals surface area (Å²) in [7, 11) is 0. The van der Waals surface area contributed by atoms with Gasteiger partial charge in [-0.15, -0.1) is 0 Å². The van der Waals surface area contributed by atoms with E-state index >= 15 is 0 Å². The van der Waals surface area contributed by atoms with Gasteiger partial charge in [0.25, 0.3) is 5.91 Å². The number of carbonyl (C=O) groups is 1. The summed E-state index contributed by atoms with van der Waals surface area (Å²) in [6, 6.07) is 1.91. The van der Waals surface area contributed by atoms with E-state index in [1.807, 2.05) is 19.9 Å². The molecule has 1 heterocycles. The van der Waals surface area contributed by atoms with Crippen LogP contribution in [0.1, 0.15) is 43.2 Å². The number of rotatable bonds is 9. The normalized spacial score (nSPS) is 10.7. The number of hydrogen-bond donors (Lipinski definition) is 2. The predicted octanol–water partition coefficient (Wildman–Crippen LogP) is 2.28. The highest BCUT2D eigenvalue weighted by atomic mass is 16.1. The smallest absolute Gasteiger partial charge is 0.254 e. The van der Waals surface area contributed by atoms with Crippen molar-refractivity contribution < 1.29 is 4.79 Å². The third-order valence-corrected chi connectivity index (χ3v) is 3.35. The number of aryl methyl sites for hydroxylation is 1. The summed E-state index contributed by atoms with van der Waals surface area (Å²) in [6.07, 6.45) is 2.78. The number of pyridine rings is 1. The summed E-state index contributed by atoms with van der Waals surface area (Å²) < 4.78 is 0. The second kappa shape index (κ2) is 9.34. The molecule has 5 heteroatoms. The summed E-state index contributed by atoms with van der Waals surface area (Å²) in [5.41, 5.74) is 2.37. The Labute approximate surface area is 128 Å². The van der Waals surface area contributed by atoms with Crippen molar-refractivity contribution in [3.8, 4) is 0 Å². The molecule has 0 aromatic carbocycles. The van der Waals surface area contributed by atoms with E-state index in [0.717, 1.165) is 44.0 Å². The average molecular weight is 292 g/mol. The van der Waals surface area contributed by atoms with Gasteiger partial charge >= 0.3 is 0 Å². The molecule has 0 radical (unpaired) electrons. The Morgan fingerprint density at radius 2 is 2.05 bits per heavy atom. The van der Waals surface area contributed by atoms with Crippen LogP contribution in [0.4, 0.5) is 5.69 Å². The molecular weight excluding hydrogens is 264 g/mol. The number of amides is 1. The van der Waals surface area contributed by atoms with Crippen LogP contribution in [0, 0.1) is 6.92 Å². The third-order valence-electron chi connectivity index (χ3n) is 3.35. The molecule has 0 saturated carbocycles. The molecule has 0 atom stereocenters. The van der Waals surface area contributed by atoms with Gasteiger partial charge < -0.3 is 15.5 Å². The number of nitrogens with one attached hydrogen (secondary N) is 2. The monoisotopic (exact) mass is 292 g/mol. The molecule has 1 amide bonds. The summed E-state index contributed by atoms with van der Waals surface area (Å²) in [4.78, 5) is 18.8. The second-order valence-corrected chi connectivity index (χ2v) is 5.09. The summed E-state index contributed by atoms with van der Waals surface area (Å²) in [5.74, 6) is -0.0639.